The number of thioether (sulfide) groups is 1. The van der Waals surface area contributed by atoms with E-state index < -0.39 is 0 Å². The fraction of sp³-hybridized carbons (Fsp3) is 0.360. The number of nitrogens with zero attached hydrogens (tertiary/aromatic N) is 2. The molecule has 0 spiro atoms. The highest BCUT2D eigenvalue weighted by atomic mass is 32.2. The van der Waals surface area contributed by atoms with Crippen molar-refractivity contribution in [2.75, 3.05) is 12.4 Å². The van der Waals surface area contributed by atoms with Crippen molar-refractivity contribution in [2.45, 2.75) is 45.6 Å². The number of halogens is 1. The molecule has 0 bridgehead atoms. The van der Waals surface area contributed by atoms with Crippen LogP contribution in [0.3, 0.4) is 0 Å². The molecule has 0 N–H and O–H groups in total. The molecule has 3 aromatic rings. The number of rotatable bonds is 8. The van der Waals surface area contributed by atoms with Crippen molar-refractivity contribution < 1.29 is 9.13 Å². The molecule has 0 aliphatic rings. The zero-order valence-corrected chi connectivity index (χ0v) is 19.3. The second-order valence-corrected chi connectivity index (χ2v) is 9.71. The molecule has 0 radical (unpaired) electrons. The van der Waals surface area contributed by atoms with E-state index in [1.165, 1.54) is 23.9 Å². The van der Waals surface area contributed by atoms with Gasteiger partial charge in [0.05, 0.1) is 6.61 Å². The van der Waals surface area contributed by atoms with E-state index in [1.54, 1.807) is 23.0 Å². The number of aryl methyl sites for hydroxylation is 2. The predicted molar refractivity (Wildman–Crippen MR) is 125 cm³/mol. The van der Waals surface area contributed by atoms with Crippen LogP contribution in [0.25, 0.3) is 5.69 Å². The third-order valence-electron chi connectivity index (χ3n) is 4.69. The summed E-state index contributed by atoms with van der Waals surface area (Å²) in [5, 5.41) is 0.435. The molecule has 164 valence electrons. The Hall–Kier alpha value is -2.60. The maximum Gasteiger partial charge on any atom is 0.287 e. The van der Waals surface area contributed by atoms with Gasteiger partial charge < -0.3 is 4.74 Å². The Balaban J connectivity index is 1.76. The minimum Gasteiger partial charge on any atom is -0.493 e. The lowest BCUT2D eigenvalue weighted by Gasteiger charge is -2.20. The molecule has 0 aliphatic carbocycles. The van der Waals surface area contributed by atoms with Gasteiger partial charge in [-0.3, -0.25) is 9.36 Å². The fourth-order valence-corrected chi connectivity index (χ4v) is 3.97. The molecule has 31 heavy (non-hydrogen) atoms. The summed E-state index contributed by atoms with van der Waals surface area (Å²) in [6, 6.07) is 12.4. The quantitative estimate of drug-likeness (QED) is 0.422. The molecule has 1 aromatic heterocycles. The van der Waals surface area contributed by atoms with Gasteiger partial charge in [-0.1, -0.05) is 39.8 Å². The van der Waals surface area contributed by atoms with Gasteiger partial charge in [0.2, 0.25) is 0 Å². The van der Waals surface area contributed by atoms with Crippen molar-refractivity contribution in [2.24, 2.45) is 5.41 Å². The molecule has 0 unspecified atom stereocenters. The first-order valence-electron chi connectivity index (χ1n) is 10.5. The van der Waals surface area contributed by atoms with E-state index in [-0.39, 0.29) is 16.8 Å². The topological polar surface area (TPSA) is 44.1 Å². The number of aromatic nitrogens is 2. The summed E-state index contributed by atoms with van der Waals surface area (Å²) < 4.78 is 21.0. The fourth-order valence-electron chi connectivity index (χ4n) is 3.08. The zero-order valence-electron chi connectivity index (χ0n) is 18.5. The standard InChI is InChI=1S/C25H29FN2O2S/c1-5-19-16-21(9-10-22(19)30-17-25(2,3)4)28-13-12-27-23(24(28)29)31-14-11-18-7-6-8-20(26)15-18/h6-10,12-13,15-16H,5,11,14,17H2,1-4H3. The van der Waals surface area contributed by atoms with Gasteiger partial charge in [-0.25, -0.2) is 9.37 Å². The summed E-state index contributed by atoms with van der Waals surface area (Å²) in [5.41, 5.74) is 2.67. The van der Waals surface area contributed by atoms with E-state index in [4.69, 9.17) is 4.74 Å². The average molecular weight is 441 g/mol. The molecule has 4 nitrogen and oxygen atoms in total. The summed E-state index contributed by atoms with van der Waals surface area (Å²) in [4.78, 5) is 17.3. The molecule has 0 aliphatic heterocycles. The van der Waals surface area contributed by atoms with Gasteiger partial charge in [0.1, 0.15) is 11.6 Å². The van der Waals surface area contributed by atoms with Crippen LogP contribution in [0.15, 0.2) is 64.7 Å². The van der Waals surface area contributed by atoms with Crippen molar-refractivity contribution in [1.29, 1.82) is 0 Å². The molecule has 0 saturated heterocycles. The van der Waals surface area contributed by atoms with E-state index in [1.807, 2.05) is 24.3 Å². The third kappa shape index (κ3) is 6.44. The van der Waals surface area contributed by atoms with Gasteiger partial charge >= 0.3 is 0 Å². The molecular weight excluding hydrogens is 411 g/mol. The molecule has 0 amide bonds. The van der Waals surface area contributed by atoms with Crippen molar-refractivity contribution in [3.05, 3.63) is 82.2 Å². The van der Waals surface area contributed by atoms with Gasteiger partial charge in [0.15, 0.2) is 5.03 Å². The molecule has 0 saturated carbocycles. The first kappa shape index (κ1) is 23.1. The molecule has 1 heterocycles. The summed E-state index contributed by atoms with van der Waals surface area (Å²) in [6.07, 6.45) is 4.80. The van der Waals surface area contributed by atoms with Gasteiger partial charge in [0.25, 0.3) is 5.56 Å². The largest absolute Gasteiger partial charge is 0.493 e. The Kier molecular flexibility index (Phi) is 7.55. The molecule has 0 fully saturated rings. The highest BCUT2D eigenvalue weighted by Crippen LogP contribution is 2.25. The maximum absolute atomic E-state index is 13.3. The molecule has 0 atom stereocenters. The van der Waals surface area contributed by atoms with Crippen LogP contribution in [0, 0.1) is 11.2 Å². The Morgan fingerprint density at radius 2 is 1.97 bits per heavy atom. The Labute approximate surface area is 187 Å². The van der Waals surface area contributed by atoms with E-state index >= 15 is 0 Å². The number of hydrogen-bond donors (Lipinski definition) is 0. The Morgan fingerprint density at radius 3 is 2.68 bits per heavy atom. The average Bonchev–Trinajstić information content (AvgIpc) is 2.73. The van der Waals surface area contributed by atoms with Gasteiger partial charge in [-0.15, -0.1) is 11.8 Å². The summed E-state index contributed by atoms with van der Waals surface area (Å²) in [7, 11) is 0. The molecule has 6 heteroatoms. The zero-order chi connectivity index (χ0) is 22.4. The SMILES string of the molecule is CCc1cc(-n2ccnc(SCCc3cccc(F)c3)c2=O)ccc1OCC(C)(C)C. The van der Waals surface area contributed by atoms with E-state index in [9.17, 15) is 9.18 Å². The lowest BCUT2D eigenvalue weighted by atomic mass is 9.98. The van der Waals surface area contributed by atoms with Crippen LogP contribution < -0.4 is 10.3 Å². The van der Waals surface area contributed by atoms with Crippen molar-refractivity contribution >= 4 is 11.8 Å². The highest BCUT2D eigenvalue weighted by Gasteiger charge is 2.14. The van der Waals surface area contributed by atoms with E-state index in [2.05, 4.69) is 32.7 Å². The van der Waals surface area contributed by atoms with Crippen LogP contribution in [0.5, 0.6) is 5.75 Å². The van der Waals surface area contributed by atoms with Crippen molar-refractivity contribution in [3.8, 4) is 11.4 Å². The monoisotopic (exact) mass is 440 g/mol. The molecule has 2 aromatic carbocycles. The van der Waals surface area contributed by atoms with Crippen LogP contribution in [0.2, 0.25) is 0 Å². The number of benzene rings is 2. The highest BCUT2D eigenvalue weighted by molar-refractivity contribution is 7.99. The van der Waals surface area contributed by atoms with Gasteiger partial charge in [-0.05, 0) is 59.7 Å². The van der Waals surface area contributed by atoms with E-state index in [0.717, 1.165) is 29.0 Å². The van der Waals surface area contributed by atoms with Gasteiger partial charge in [-0.2, -0.15) is 0 Å². The lowest BCUT2D eigenvalue weighted by molar-refractivity contribution is 0.196. The minimum absolute atomic E-state index is 0.0728. The number of hydrogen-bond acceptors (Lipinski definition) is 4. The smallest absolute Gasteiger partial charge is 0.287 e. The summed E-state index contributed by atoms with van der Waals surface area (Å²) >= 11 is 1.39. The van der Waals surface area contributed by atoms with Crippen LogP contribution in [-0.2, 0) is 12.8 Å². The second-order valence-electron chi connectivity index (χ2n) is 8.63. The van der Waals surface area contributed by atoms with Crippen LogP contribution >= 0.6 is 11.8 Å². The minimum atomic E-state index is -0.246. The first-order chi connectivity index (χ1) is 14.8. The van der Waals surface area contributed by atoms with Gasteiger partial charge in [0, 0.05) is 23.8 Å². The van der Waals surface area contributed by atoms with Crippen LogP contribution in [0.4, 0.5) is 4.39 Å². The molecular formula is C25H29FN2O2S. The Bertz CT molecular complexity index is 1090. The third-order valence-corrected chi connectivity index (χ3v) is 5.65. The van der Waals surface area contributed by atoms with Crippen molar-refractivity contribution in [1.82, 2.24) is 9.55 Å². The molecule has 3 rings (SSSR count). The lowest BCUT2D eigenvalue weighted by Crippen LogP contribution is -2.21. The second kappa shape index (κ2) is 10.1. The normalized spacial score (nSPS) is 11.5. The van der Waals surface area contributed by atoms with E-state index in [0.29, 0.717) is 23.8 Å². The number of ether oxygens (including phenoxy) is 1. The predicted octanol–water partition coefficient (Wildman–Crippen LogP) is 5.69. The summed E-state index contributed by atoms with van der Waals surface area (Å²) in [5.74, 6) is 1.26. The Morgan fingerprint density at radius 1 is 1.16 bits per heavy atom. The first-order valence-corrected chi connectivity index (χ1v) is 11.5. The van der Waals surface area contributed by atoms with Crippen LogP contribution in [0.1, 0.15) is 38.8 Å². The summed E-state index contributed by atoms with van der Waals surface area (Å²) in [6.45, 7) is 9.11. The van der Waals surface area contributed by atoms with Crippen molar-refractivity contribution in [3.63, 3.8) is 0 Å². The van der Waals surface area contributed by atoms with Crippen LogP contribution in [-0.4, -0.2) is 21.9 Å². The maximum atomic E-state index is 13.3.